The lowest BCUT2D eigenvalue weighted by molar-refractivity contribution is -0.371. The monoisotopic (exact) mass is 688 g/mol. The van der Waals surface area contributed by atoms with Crippen LogP contribution in [-0.2, 0) is 47.5 Å². The van der Waals surface area contributed by atoms with Gasteiger partial charge < -0.3 is 53.6 Å². The maximum atomic E-state index is 12.7. The molecule has 0 aliphatic carbocycles. The van der Waals surface area contributed by atoms with Gasteiger partial charge in [0, 0.05) is 20.3 Å². The van der Waals surface area contributed by atoms with Crippen molar-refractivity contribution in [3.8, 4) is 0 Å². The van der Waals surface area contributed by atoms with Crippen LogP contribution in [0.25, 0.3) is 0 Å². The van der Waals surface area contributed by atoms with E-state index in [0.717, 1.165) is 64.2 Å². The van der Waals surface area contributed by atoms with Crippen LogP contribution in [0, 0.1) is 0 Å². The standard InChI is InChI=1S/C34H56O14/c1-21-17-15-13-11-9-7-5-4-6-8-10-12-14-16-18-26(37)47-31-25(20-43-23(3)36)46-33(30(41)29(31)40)48-32-28(39)27(38)24(19-42-22(2)35)45-34(32)44-21/h4-5,21,24-25,27-34,38-41H,6-20H2,1-3H3/b5-4-. The molecule has 0 amide bonds. The number of esters is 3. The lowest BCUT2D eigenvalue weighted by atomic mass is 9.97. The van der Waals surface area contributed by atoms with Crippen LogP contribution >= 0.6 is 0 Å². The lowest BCUT2D eigenvalue weighted by Gasteiger charge is -2.47. The molecule has 0 aromatic heterocycles. The van der Waals surface area contributed by atoms with Crippen molar-refractivity contribution >= 4 is 17.9 Å². The Bertz CT molecular complexity index is 1010. The zero-order chi connectivity index (χ0) is 35.1. The van der Waals surface area contributed by atoms with E-state index in [1.165, 1.54) is 13.8 Å². The molecule has 4 aliphatic heterocycles. The molecule has 0 aromatic carbocycles. The molecule has 0 saturated carbocycles. The van der Waals surface area contributed by atoms with Crippen LogP contribution in [0.15, 0.2) is 12.2 Å². The van der Waals surface area contributed by atoms with E-state index in [-0.39, 0.29) is 19.1 Å². The highest BCUT2D eigenvalue weighted by molar-refractivity contribution is 5.69. The van der Waals surface area contributed by atoms with Crippen LogP contribution in [-0.4, -0.2) is 119 Å². The van der Waals surface area contributed by atoms with Gasteiger partial charge in [0.2, 0.25) is 0 Å². The molecule has 11 unspecified atom stereocenters. The normalized spacial score (nSPS) is 37.8. The van der Waals surface area contributed by atoms with Crippen molar-refractivity contribution in [1.29, 1.82) is 0 Å². The first-order chi connectivity index (χ1) is 23.0. The molecule has 4 heterocycles. The first-order valence-corrected chi connectivity index (χ1v) is 17.4. The van der Waals surface area contributed by atoms with Gasteiger partial charge in [0.1, 0.15) is 55.9 Å². The van der Waals surface area contributed by atoms with Gasteiger partial charge in [-0.05, 0) is 45.4 Å². The van der Waals surface area contributed by atoms with Gasteiger partial charge in [0.15, 0.2) is 18.7 Å². The maximum Gasteiger partial charge on any atom is 0.306 e. The van der Waals surface area contributed by atoms with E-state index >= 15 is 0 Å². The molecule has 0 spiro atoms. The Morgan fingerprint density at radius 2 is 1.21 bits per heavy atom. The van der Waals surface area contributed by atoms with E-state index < -0.39 is 85.9 Å². The predicted octanol–water partition coefficient (Wildman–Crippen LogP) is 2.35. The molecule has 14 nitrogen and oxygen atoms in total. The van der Waals surface area contributed by atoms with Crippen LogP contribution in [0.1, 0.15) is 104 Å². The third-order valence-electron chi connectivity index (χ3n) is 8.76. The molecule has 48 heavy (non-hydrogen) atoms. The lowest BCUT2D eigenvalue weighted by Crippen LogP contribution is -2.65. The summed E-state index contributed by atoms with van der Waals surface area (Å²) in [5.74, 6) is -1.86. The molecular formula is C34H56O14. The summed E-state index contributed by atoms with van der Waals surface area (Å²) in [6.07, 6.45) is 0.483. The Labute approximate surface area is 283 Å². The molecule has 2 fully saturated rings. The number of hydrogen-bond acceptors (Lipinski definition) is 14. The summed E-state index contributed by atoms with van der Waals surface area (Å²) in [4.78, 5) is 35.8. The predicted molar refractivity (Wildman–Crippen MR) is 169 cm³/mol. The average Bonchev–Trinajstić information content (AvgIpc) is 3.03. The number of ether oxygens (including phenoxy) is 7. The number of rotatable bonds is 4. The third kappa shape index (κ3) is 13.3. The van der Waals surface area contributed by atoms with E-state index in [1.54, 1.807) is 0 Å². The minimum atomic E-state index is -1.79. The molecule has 11 atom stereocenters. The van der Waals surface area contributed by atoms with Crippen LogP contribution < -0.4 is 0 Å². The Kier molecular flexibility index (Phi) is 17.7. The van der Waals surface area contributed by atoms with Gasteiger partial charge in [-0.3, -0.25) is 14.4 Å². The first kappa shape index (κ1) is 40.3. The zero-order valence-corrected chi connectivity index (χ0v) is 28.5. The second-order valence-electron chi connectivity index (χ2n) is 12.9. The Balaban J connectivity index is 1.81. The van der Waals surface area contributed by atoms with Gasteiger partial charge in [-0.2, -0.15) is 0 Å². The minimum Gasteiger partial charge on any atom is -0.463 e. The second kappa shape index (κ2) is 21.1. The molecule has 2 saturated heterocycles. The van der Waals surface area contributed by atoms with Gasteiger partial charge in [-0.25, -0.2) is 0 Å². The second-order valence-corrected chi connectivity index (χ2v) is 12.9. The van der Waals surface area contributed by atoms with Crippen molar-refractivity contribution in [1.82, 2.24) is 0 Å². The van der Waals surface area contributed by atoms with E-state index in [1.807, 2.05) is 6.92 Å². The van der Waals surface area contributed by atoms with Crippen LogP contribution in [0.2, 0.25) is 0 Å². The number of aliphatic hydroxyl groups is 4. The molecular weight excluding hydrogens is 632 g/mol. The number of carbonyl (C=O) groups is 3. The van der Waals surface area contributed by atoms with Crippen molar-refractivity contribution < 1.29 is 68.0 Å². The van der Waals surface area contributed by atoms with Crippen LogP contribution in [0.3, 0.4) is 0 Å². The van der Waals surface area contributed by atoms with Crippen molar-refractivity contribution in [3.63, 3.8) is 0 Å². The summed E-state index contributed by atoms with van der Waals surface area (Å²) < 4.78 is 39.6. The van der Waals surface area contributed by atoms with E-state index in [0.29, 0.717) is 12.8 Å². The summed E-state index contributed by atoms with van der Waals surface area (Å²) in [6.45, 7) is 3.42. The highest BCUT2D eigenvalue weighted by Crippen LogP contribution is 2.32. The van der Waals surface area contributed by atoms with Crippen LogP contribution in [0.4, 0.5) is 0 Å². The fourth-order valence-electron chi connectivity index (χ4n) is 6.00. The van der Waals surface area contributed by atoms with E-state index in [2.05, 4.69) is 12.2 Å². The smallest absolute Gasteiger partial charge is 0.306 e. The number of allylic oxidation sites excluding steroid dienone is 2. The third-order valence-corrected chi connectivity index (χ3v) is 8.76. The van der Waals surface area contributed by atoms with Crippen molar-refractivity contribution in [2.24, 2.45) is 0 Å². The summed E-state index contributed by atoms with van der Waals surface area (Å²) in [6, 6.07) is 0. The van der Waals surface area contributed by atoms with Crippen molar-refractivity contribution in [2.45, 2.75) is 172 Å². The molecule has 0 aromatic rings. The fraction of sp³-hybridized carbons (Fsp3) is 0.853. The van der Waals surface area contributed by atoms with Crippen molar-refractivity contribution in [3.05, 3.63) is 12.2 Å². The number of fused-ring (bicyclic) bond motifs is 19. The minimum absolute atomic E-state index is 0.0919. The number of hydrogen-bond donors (Lipinski definition) is 4. The molecule has 2 bridgehead atoms. The summed E-state index contributed by atoms with van der Waals surface area (Å²) >= 11 is 0. The summed E-state index contributed by atoms with van der Waals surface area (Å²) in [5, 5.41) is 44.2. The molecule has 4 rings (SSSR count). The molecule has 276 valence electrons. The van der Waals surface area contributed by atoms with Crippen LogP contribution in [0.5, 0.6) is 0 Å². The number of aliphatic hydroxyl groups excluding tert-OH is 4. The average molecular weight is 689 g/mol. The largest absolute Gasteiger partial charge is 0.463 e. The topological polar surface area (TPSA) is 197 Å². The molecule has 0 radical (unpaired) electrons. The van der Waals surface area contributed by atoms with Gasteiger partial charge in [0.25, 0.3) is 0 Å². The Morgan fingerprint density at radius 3 is 1.85 bits per heavy atom. The Morgan fingerprint density at radius 1 is 0.667 bits per heavy atom. The number of carbonyl (C=O) groups excluding carboxylic acids is 3. The molecule has 4 aliphatic rings. The van der Waals surface area contributed by atoms with E-state index in [9.17, 15) is 34.8 Å². The highest BCUT2D eigenvalue weighted by atomic mass is 16.8. The van der Waals surface area contributed by atoms with E-state index in [4.69, 9.17) is 33.2 Å². The highest BCUT2D eigenvalue weighted by Gasteiger charge is 2.53. The summed E-state index contributed by atoms with van der Waals surface area (Å²) in [5.41, 5.74) is 0. The van der Waals surface area contributed by atoms with Gasteiger partial charge >= 0.3 is 17.9 Å². The SMILES string of the molecule is CC(=O)OCC1OC2OC(C)CCCCCC/C=C\CCCCCCCC(=O)OC3C(COC(C)=O)OC(OC2C(O)C1O)C(O)C3O. The molecule has 4 N–H and O–H groups in total. The quantitative estimate of drug-likeness (QED) is 0.191. The van der Waals surface area contributed by atoms with Gasteiger partial charge in [0.05, 0.1) is 6.10 Å². The molecule has 14 heteroatoms. The van der Waals surface area contributed by atoms with Gasteiger partial charge in [-0.1, -0.05) is 50.7 Å². The summed E-state index contributed by atoms with van der Waals surface area (Å²) in [7, 11) is 0. The first-order valence-electron chi connectivity index (χ1n) is 17.4. The van der Waals surface area contributed by atoms with Gasteiger partial charge in [-0.15, -0.1) is 0 Å². The Hall–Kier alpha value is -2.17. The van der Waals surface area contributed by atoms with Crippen molar-refractivity contribution in [2.75, 3.05) is 13.2 Å². The zero-order valence-electron chi connectivity index (χ0n) is 28.5. The maximum absolute atomic E-state index is 12.7. The fourth-order valence-corrected chi connectivity index (χ4v) is 6.00.